The molecule has 0 rings (SSSR count). The number of thiocarbonyl (C=S) groups is 1. The van der Waals surface area contributed by atoms with E-state index in [1.807, 2.05) is 0 Å². The number of halogens is 1. The second-order valence-electron chi connectivity index (χ2n) is 0.402. The van der Waals surface area contributed by atoms with Gasteiger partial charge in [-0.05, 0) is 12.2 Å². The van der Waals surface area contributed by atoms with Crippen molar-refractivity contribution in [3.8, 4) is 0 Å². The van der Waals surface area contributed by atoms with Gasteiger partial charge in [0, 0.05) is 22.4 Å². The van der Waals surface area contributed by atoms with Crippen LogP contribution in [0.2, 0.25) is 0 Å². The minimum atomic E-state index is 0. The van der Waals surface area contributed by atoms with Crippen LogP contribution in [-0.4, -0.2) is 5.11 Å². The molecule has 6 heavy (non-hydrogen) atoms. The third-order valence-electron chi connectivity index (χ3n) is 0. The van der Waals surface area contributed by atoms with E-state index in [2.05, 4.69) is 23.7 Å². The van der Waals surface area contributed by atoms with Crippen LogP contribution >= 0.6 is 24.6 Å². The first-order valence-corrected chi connectivity index (χ1v) is 1.19. The van der Waals surface area contributed by atoms with Gasteiger partial charge in [-0.15, -0.1) is 12.4 Å². The second kappa shape index (κ2) is 9.21. The molecule has 43 valence electrons. The summed E-state index contributed by atoms with van der Waals surface area (Å²) in [6, 6.07) is 0. The van der Waals surface area contributed by atoms with Crippen molar-refractivity contribution in [3.05, 3.63) is 0 Å². The van der Waals surface area contributed by atoms with Gasteiger partial charge in [0.1, 0.15) is 0 Å². The Balaban J connectivity index is -0.0000000450. The molecular formula is CH5AuClN2S. The Labute approximate surface area is 63.6 Å². The molecule has 0 spiro atoms. The van der Waals surface area contributed by atoms with E-state index in [0.29, 0.717) is 0 Å². The summed E-state index contributed by atoms with van der Waals surface area (Å²) in [6.45, 7) is 0. The maximum absolute atomic E-state index is 4.62. The molecule has 5 heteroatoms. The molecule has 0 unspecified atom stereocenters. The van der Waals surface area contributed by atoms with Gasteiger partial charge in [0.15, 0.2) is 5.11 Å². The van der Waals surface area contributed by atoms with Gasteiger partial charge in [-0.1, -0.05) is 0 Å². The van der Waals surface area contributed by atoms with Crippen LogP contribution in [0.15, 0.2) is 0 Å². The molecule has 0 aromatic heterocycles. The molecule has 0 amide bonds. The van der Waals surface area contributed by atoms with Crippen molar-refractivity contribution in [1.29, 1.82) is 0 Å². The first-order chi connectivity index (χ1) is 1.73. The van der Waals surface area contributed by atoms with Crippen LogP contribution in [0.4, 0.5) is 0 Å². The molecule has 0 aliphatic carbocycles. The van der Waals surface area contributed by atoms with Crippen LogP contribution in [-0.2, 0) is 22.4 Å². The molecule has 0 aromatic carbocycles. The first-order valence-electron chi connectivity index (χ1n) is 0.781. The molecule has 0 aliphatic rings. The van der Waals surface area contributed by atoms with Crippen molar-refractivity contribution in [2.45, 2.75) is 0 Å². The van der Waals surface area contributed by atoms with E-state index in [-0.39, 0.29) is 39.9 Å². The standard InChI is InChI=1S/CH4N2S.Au.ClH/c2-1(3)4;;/h(H4,2,3,4);;1H. The minimum absolute atomic E-state index is 0. The molecule has 0 saturated heterocycles. The zero-order valence-electron chi connectivity index (χ0n) is 2.77. The van der Waals surface area contributed by atoms with Crippen LogP contribution < -0.4 is 11.5 Å². The molecule has 0 aromatic rings. The van der Waals surface area contributed by atoms with Gasteiger partial charge in [0.25, 0.3) is 0 Å². The second-order valence-corrected chi connectivity index (χ2v) is 0.874. The largest absolute Gasteiger partial charge is 0.377 e. The summed E-state index contributed by atoms with van der Waals surface area (Å²) >= 11 is 4.09. The van der Waals surface area contributed by atoms with Gasteiger partial charge in [0.05, 0.1) is 0 Å². The fourth-order valence-electron chi connectivity index (χ4n) is 0. The smallest absolute Gasteiger partial charge is 0.160 e. The predicted octanol–water partition coefficient (Wildman–Crippen LogP) is -0.392. The predicted molar refractivity (Wildman–Crippen MR) is 28.2 cm³/mol. The van der Waals surface area contributed by atoms with Crippen LogP contribution in [0.25, 0.3) is 0 Å². The summed E-state index contributed by atoms with van der Waals surface area (Å²) in [5.41, 5.74) is 9.24. The quantitative estimate of drug-likeness (QED) is 0.473. The molecule has 2 nitrogen and oxygen atoms in total. The third-order valence-corrected chi connectivity index (χ3v) is 0. The Kier molecular flexibility index (Phi) is 24.4. The van der Waals surface area contributed by atoms with Gasteiger partial charge in [-0.25, -0.2) is 0 Å². The van der Waals surface area contributed by atoms with Crippen LogP contribution in [0, 0.1) is 0 Å². The summed E-state index contributed by atoms with van der Waals surface area (Å²) in [4.78, 5) is 0. The molecule has 0 heterocycles. The fourth-order valence-corrected chi connectivity index (χ4v) is 0. The molecular weight excluding hydrogens is 305 g/mol. The fraction of sp³-hybridized carbons (Fsp3) is 0. The Hall–Kier alpha value is 0.720. The van der Waals surface area contributed by atoms with E-state index < -0.39 is 0 Å². The monoisotopic (exact) mass is 309 g/mol. The van der Waals surface area contributed by atoms with Gasteiger partial charge < -0.3 is 11.5 Å². The molecule has 0 aliphatic heterocycles. The van der Waals surface area contributed by atoms with E-state index in [1.54, 1.807) is 0 Å². The van der Waals surface area contributed by atoms with Gasteiger partial charge >= 0.3 is 0 Å². The average Bonchev–Trinajstić information content (AvgIpc) is 0.811. The zero-order chi connectivity index (χ0) is 3.58. The number of hydrogen-bond donors (Lipinski definition) is 2. The number of nitrogens with two attached hydrogens (primary N) is 2. The van der Waals surface area contributed by atoms with Crippen LogP contribution in [0.3, 0.4) is 0 Å². The molecule has 0 fully saturated rings. The molecule has 4 N–H and O–H groups in total. The topological polar surface area (TPSA) is 52.0 Å². The summed E-state index contributed by atoms with van der Waals surface area (Å²) in [5, 5.41) is 0.000000000000000222. The molecule has 0 saturated carbocycles. The Morgan fingerprint density at radius 3 is 1.33 bits per heavy atom. The van der Waals surface area contributed by atoms with Gasteiger partial charge in [-0.3, -0.25) is 0 Å². The van der Waals surface area contributed by atoms with Gasteiger partial charge in [0.2, 0.25) is 0 Å². The van der Waals surface area contributed by atoms with Crippen LogP contribution in [0.5, 0.6) is 0 Å². The SMILES string of the molecule is Cl.NC(N)=S.[Au]. The maximum Gasteiger partial charge on any atom is 0.160 e. The molecule has 0 atom stereocenters. The first kappa shape index (κ1) is 15.9. The van der Waals surface area contributed by atoms with Crippen molar-refractivity contribution in [2.75, 3.05) is 0 Å². The van der Waals surface area contributed by atoms with E-state index in [4.69, 9.17) is 0 Å². The van der Waals surface area contributed by atoms with E-state index in [1.165, 1.54) is 0 Å². The van der Waals surface area contributed by atoms with Crippen molar-refractivity contribution in [2.24, 2.45) is 11.5 Å². The Bertz CT molecular complexity index is 36.5. The van der Waals surface area contributed by atoms with E-state index >= 15 is 0 Å². The van der Waals surface area contributed by atoms with Gasteiger partial charge in [-0.2, -0.15) is 0 Å². The molecule has 1 radical (unpaired) electrons. The van der Waals surface area contributed by atoms with Crippen molar-refractivity contribution in [1.82, 2.24) is 0 Å². The maximum atomic E-state index is 4.62. The van der Waals surface area contributed by atoms with E-state index in [9.17, 15) is 0 Å². The summed E-state index contributed by atoms with van der Waals surface area (Å²) < 4.78 is 0. The molecule has 0 bridgehead atoms. The van der Waals surface area contributed by atoms with Crippen molar-refractivity contribution < 1.29 is 22.4 Å². The number of hydrogen-bond acceptors (Lipinski definition) is 1. The average molecular weight is 310 g/mol. The normalized spacial score (nSPS) is 4.00. The Morgan fingerprint density at radius 1 is 1.33 bits per heavy atom. The summed E-state index contributed by atoms with van der Waals surface area (Å²) in [5.74, 6) is 0. The number of rotatable bonds is 0. The Morgan fingerprint density at radius 2 is 1.33 bits per heavy atom. The van der Waals surface area contributed by atoms with E-state index in [0.717, 1.165) is 0 Å². The van der Waals surface area contributed by atoms with Crippen molar-refractivity contribution >= 4 is 29.7 Å². The third kappa shape index (κ3) is 126. The zero-order valence-corrected chi connectivity index (χ0v) is 6.57. The summed E-state index contributed by atoms with van der Waals surface area (Å²) in [7, 11) is 0. The van der Waals surface area contributed by atoms with Crippen LogP contribution in [0.1, 0.15) is 0 Å². The minimum Gasteiger partial charge on any atom is -0.377 e. The summed E-state index contributed by atoms with van der Waals surface area (Å²) in [6.07, 6.45) is 0. The van der Waals surface area contributed by atoms with Crippen molar-refractivity contribution in [3.63, 3.8) is 0 Å².